The molecule has 0 aromatic rings. The fraction of sp³-hybridized carbons (Fsp3) is 0.817. The van der Waals surface area contributed by atoms with Crippen LogP contribution >= 0.6 is 0 Å². The van der Waals surface area contributed by atoms with Gasteiger partial charge in [0.25, 0.3) is 0 Å². The van der Waals surface area contributed by atoms with Crippen molar-refractivity contribution in [3.8, 4) is 0 Å². The molecule has 0 aromatic carbocycles. The second-order valence-corrected chi connectivity index (χ2v) is 22.7. The van der Waals surface area contributed by atoms with Crippen LogP contribution in [0.1, 0.15) is 355 Å². The van der Waals surface area contributed by atoms with Crippen molar-refractivity contribution >= 4 is 17.9 Å². The molecule has 0 N–H and O–H groups in total. The summed E-state index contributed by atoms with van der Waals surface area (Å²) in [5, 5.41) is 0. The van der Waals surface area contributed by atoms with E-state index < -0.39 is 6.10 Å². The third-order valence-electron chi connectivity index (χ3n) is 15.0. The van der Waals surface area contributed by atoms with Crippen LogP contribution < -0.4 is 0 Å². The van der Waals surface area contributed by atoms with Crippen LogP contribution in [-0.2, 0) is 28.6 Å². The van der Waals surface area contributed by atoms with Crippen molar-refractivity contribution in [3.63, 3.8) is 0 Å². The molecule has 6 heteroatoms. The van der Waals surface area contributed by atoms with Gasteiger partial charge in [-0.15, -0.1) is 0 Å². The number of hydrogen-bond acceptors (Lipinski definition) is 6. The zero-order valence-electron chi connectivity index (χ0n) is 51.5. The van der Waals surface area contributed by atoms with E-state index in [1.54, 1.807) is 0 Å². The van der Waals surface area contributed by atoms with E-state index in [2.05, 4.69) is 81.5 Å². The van der Waals surface area contributed by atoms with Crippen LogP contribution in [0, 0.1) is 0 Å². The van der Waals surface area contributed by atoms with Crippen LogP contribution in [0.4, 0.5) is 0 Å². The Morgan fingerprint density at radius 2 is 0.468 bits per heavy atom. The molecule has 0 radical (unpaired) electrons. The maximum absolute atomic E-state index is 12.9. The van der Waals surface area contributed by atoms with Crippen molar-refractivity contribution < 1.29 is 28.6 Å². The lowest BCUT2D eigenvalue weighted by Crippen LogP contribution is -2.30. The van der Waals surface area contributed by atoms with Gasteiger partial charge in [0.2, 0.25) is 0 Å². The van der Waals surface area contributed by atoms with Crippen molar-refractivity contribution in [3.05, 3.63) is 60.8 Å². The fourth-order valence-electron chi connectivity index (χ4n) is 9.89. The topological polar surface area (TPSA) is 78.9 Å². The Morgan fingerprint density at radius 1 is 0.260 bits per heavy atom. The monoisotopic (exact) mass is 1080 g/mol. The highest BCUT2D eigenvalue weighted by molar-refractivity contribution is 5.71. The van der Waals surface area contributed by atoms with Gasteiger partial charge in [0.1, 0.15) is 13.2 Å². The molecule has 0 aliphatic heterocycles. The molecule has 0 bridgehead atoms. The number of esters is 3. The van der Waals surface area contributed by atoms with Crippen LogP contribution in [0.3, 0.4) is 0 Å². The minimum Gasteiger partial charge on any atom is -0.462 e. The summed E-state index contributed by atoms with van der Waals surface area (Å²) in [5.41, 5.74) is 0. The molecule has 0 saturated carbocycles. The van der Waals surface area contributed by atoms with Gasteiger partial charge < -0.3 is 14.2 Å². The number of allylic oxidation sites excluding steroid dienone is 10. The Hall–Kier alpha value is -2.89. The highest BCUT2D eigenvalue weighted by atomic mass is 16.6. The summed E-state index contributed by atoms with van der Waals surface area (Å²) in [5.74, 6) is -0.863. The quantitative estimate of drug-likeness (QED) is 0.0261. The smallest absolute Gasteiger partial charge is 0.306 e. The summed E-state index contributed by atoms with van der Waals surface area (Å²) in [4.78, 5) is 38.4. The third-order valence-corrected chi connectivity index (χ3v) is 15.0. The first-order valence-electron chi connectivity index (χ1n) is 33.8. The lowest BCUT2D eigenvalue weighted by molar-refractivity contribution is -0.167. The molecule has 0 aliphatic rings. The maximum atomic E-state index is 12.9. The molecule has 77 heavy (non-hydrogen) atoms. The number of rotatable bonds is 62. The van der Waals surface area contributed by atoms with E-state index in [0.717, 1.165) is 83.5 Å². The van der Waals surface area contributed by atoms with Gasteiger partial charge in [-0.2, -0.15) is 0 Å². The number of carbonyl (C=O) groups is 3. The normalized spacial score (nSPS) is 12.4. The van der Waals surface area contributed by atoms with Crippen molar-refractivity contribution in [1.82, 2.24) is 0 Å². The molecular weight excluding hydrogens is 949 g/mol. The predicted octanol–water partition coefficient (Wildman–Crippen LogP) is 23.1. The number of carbonyl (C=O) groups excluding carboxylic acids is 3. The second-order valence-electron chi connectivity index (χ2n) is 22.7. The first-order valence-corrected chi connectivity index (χ1v) is 33.8. The largest absolute Gasteiger partial charge is 0.462 e. The molecule has 0 rings (SSSR count). The molecule has 1 unspecified atom stereocenters. The summed E-state index contributed by atoms with van der Waals surface area (Å²) in [6, 6.07) is 0. The second kappa shape index (κ2) is 65.6. The zero-order valence-corrected chi connectivity index (χ0v) is 51.5. The van der Waals surface area contributed by atoms with Gasteiger partial charge in [0, 0.05) is 19.3 Å². The van der Waals surface area contributed by atoms with Crippen LogP contribution in [0.15, 0.2) is 60.8 Å². The zero-order chi connectivity index (χ0) is 55.7. The summed E-state index contributed by atoms with van der Waals surface area (Å²) in [6.45, 7) is 6.65. The molecule has 0 aromatic heterocycles. The van der Waals surface area contributed by atoms with E-state index in [-0.39, 0.29) is 31.1 Å². The van der Waals surface area contributed by atoms with E-state index in [1.165, 1.54) is 231 Å². The Morgan fingerprint density at radius 3 is 0.740 bits per heavy atom. The highest BCUT2D eigenvalue weighted by Gasteiger charge is 2.19. The first kappa shape index (κ1) is 74.1. The van der Waals surface area contributed by atoms with Crippen molar-refractivity contribution in [1.29, 1.82) is 0 Å². The molecule has 6 nitrogen and oxygen atoms in total. The molecule has 1 atom stereocenters. The lowest BCUT2D eigenvalue weighted by atomic mass is 10.0. The molecule has 0 fully saturated rings. The number of unbranched alkanes of at least 4 members (excludes halogenated alkanes) is 41. The number of ether oxygens (including phenoxy) is 3. The minimum absolute atomic E-state index is 0.0740. The van der Waals surface area contributed by atoms with E-state index in [4.69, 9.17) is 14.2 Å². The van der Waals surface area contributed by atoms with E-state index in [9.17, 15) is 14.4 Å². The van der Waals surface area contributed by atoms with Crippen molar-refractivity contribution in [2.24, 2.45) is 0 Å². The van der Waals surface area contributed by atoms with Crippen LogP contribution in [-0.4, -0.2) is 37.2 Å². The Kier molecular flexibility index (Phi) is 63.2. The van der Waals surface area contributed by atoms with Crippen LogP contribution in [0.2, 0.25) is 0 Å². The standard InChI is InChI=1S/C71H128O6/c1-4-7-10-13-16-19-22-25-28-30-32-33-34-35-36-37-38-39-40-42-43-46-49-52-55-58-61-64-70(73)76-67-68(66-75-69(72)63-60-57-54-51-48-45-27-24-21-18-15-12-9-6-3)77-71(74)65-62-59-56-53-50-47-44-41-31-29-26-23-20-17-14-11-8-5-2/h20,22-23,25,29-32,34-35,68H,4-19,21,24,26-28,33,36-67H2,1-3H3/b23-20-,25-22-,31-29-,32-30-,35-34-. The molecule has 0 spiro atoms. The van der Waals surface area contributed by atoms with Gasteiger partial charge in [-0.1, -0.05) is 306 Å². The van der Waals surface area contributed by atoms with E-state index >= 15 is 0 Å². The summed E-state index contributed by atoms with van der Waals surface area (Å²) in [7, 11) is 0. The minimum atomic E-state index is -0.778. The maximum Gasteiger partial charge on any atom is 0.306 e. The SMILES string of the molecule is CCCCCC/C=C\C/C=C\CCCCCCCCCC(=O)OC(COC(=O)CCCCCCCCCCCCCC/C=C\C/C=C\C/C=C\CCCCCCC)COC(=O)CCCCCCCCCCCCCCCC. The average Bonchev–Trinajstić information content (AvgIpc) is 3.43. The van der Waals surface area contributed by atoms with Crippen LogP contribution in [0.5, 0.6) is 0 Å². The van der Waals surface area contributed by atoms with Gasteiger partial charge in [-0.3, -0.25) is 14.4 Å². The molecule has 0 saturated heterocycles. The van der Waals surface area contributed by atoms with Gasteiger partial charge in [-0.25, -0.2) is 0 Å². The van der Waals surface area contributed by atoms with Crippen molar-refractivity contribution in [2.45, 2.75) is 361 Å². The number of hydrogen-bond donors (Lipinski definition) is 0. The Balaban J connectivity index is 4.28. The summed E-state index contributed by atoms with van der Waals surface area (Å²) in [6.07, 6.45) is 83.7. The Bertz CT molecular complexity index is 1380. The summed E-state index contributed by atoms with van der Waals surface area (Å²) < 4.78 is 17.0. The van der Waals surface area contributed by atoms with Gasteiger partial charge in [0.05, 0.1) is 0 Å². The van der Waals surface area contributed by atoms with Gasteiger partial charge >= 0.3 is 17.9 Å². The average molecular weight is 1080 g/mol. The molecule has 0 heterocycles. The molecular formula is C71H128O6. The summed E-state index contributed by atoms with van der Waals surface area (Å²) >= 11 is 0. The van der Waals surface area contributed by atoms with Crippen molar-refractivity contribution in [2.75, 3.05) is 13.2 Å². The fourth-order valence-corrected chi connectivity index (χ4v) is 9.89. The molecule has 0 amide bonds. The lowest BCUT2D eigenvalue weighted by Gasteiger charge is -2.18. The Labute approximate surface area is 479 Å². The highest BCUT2D eigenvalue weighted by Crippen LogP contribution is 2.17. The van der Waals surface area contributed by atoms with Gasteiger partial charge in [-0.05, 0) is 89.9 Å². The van der Waals surface area contributed by atoms with E-state index in [1.807, 2.05) is 0 Å². The van der Waals surface area contributed by atoms with E-state index in [0.29, 0.717) is 19.3 Å². The predicted molar refractivity (Wildman–Crippen MR) is 335 cm³/mol. The molecule has 448 valence electrons. The first-order chi connectivity index (χ1) is 38.0. The van der Waals surface area contributed by atoms with Crippen LogP contribution in [0.25, 0.3) is 0 Å². The van der Waals surface area contributed by atoms with Gasteiger partial charge in [0.15, 0.2) is 6.10 Å². The third kappa shape index (κ3) is 63.8. The molecule has 0 aliphatic carbocycles.